The Bertz CT molecular complexity index is 1380. The van der Waals surface area contributed by atoms with Crippen molar-refractivity contribution in [3.63, 3.8) is 0 Å². The molecular formula is C37H49F2N3O2. The van der Waals surface area contributed by atoms with E-state index in [1.165, 1.54) is 23.3 Å². The second-order valence-corrected chi connectivity index (χ2v) is 13.1. The maximum atomic E-state index is 14.1. The molecule has 4 rings (SSSR count). The number of benzene rings is 3. The summed E-state index contributed by atoms with van der Waals surface area (Å²) in [7, 11) is 2.12. The van der Waals surface area contributed by atoms with Gasteiger partial charge in [-0.3, -0.25) is 4.79 Å². The summed E-state index contributed by atoms with van der Waals surface area (Å²) < 4.78 is 28.1. The Kier molecular flexibility index (Phi) is 11.7. The number of likely N-dealkylation sites (N-methyl/N-ethyl adjacent to an activating group) is 1. The lowest BCUT2D eigenvalue weighted by Gasteiger charge is -2.27. The fraction of sp³-hybridized carbons (Fsp3) is 0.486. The van der Waals surface area contributed by atoms with Crippen LogP contribution >= 0.6 is 0 Å². The maximum absolute atomic E-state index is 14.1. The fourth-order valence-electron chi connectivity index (χ4n) is 5.79. The number of carbonyl (C=O) groups excluding carboxylic acids is 1. The molecule has 1 aliphatic rings. The number of rotatable bonds is 16. The van der Waals surface area contributed by atoms with Gasteiger partial charge in [-0.15, -0.1) is 0 Å². The standard InChI is InChI=1S/C37H49F2N3O2/c1-6-27-8-7-9-31(19-27)37(12-13-37)40-24-35(43)34(22-29-20-32(38)23-33(39)21-29)41-36(44)30-17-26(4)16-28(18-30)11-15-42(5)14-10-25(2)3/h7-9,16-21,23,25,34-35,40,43H,6,10-15,22,24H2,1-5H3,(H,41,44)/t34-,35+/m0/s1. The third kappa shape index (κ3) is 9.68. The van der Waals surface area contributed by atoms with Crippen molar-refractivity contribution in [1.29, 1.82) is 0 Å². The second-order valence-electron chi connectivity index (χ2n) is 13.1. The highest BCUT2D eigenvalue weighted by atomic mass is 19.1. The van der Waals surface area contributed by atoms with Crippen LogP contribution in [0.15, 0.2) is 60.7 Å². The van der Waals surface area contributed by atoms with E-state index in [9.17, 15) is 18.7 Å². The summed E-state index contributed by atoms with van der Waals surface area (Å²) in [5, 5.41) is 18.0. The number of nitrogens with one attached hydrogen (secondary N) is 2. The summed E-state index contributed by atoms with van der Waals surface area (Å²) >= 11 is 0. The topological polar surface area (TPSA) is 64.6 Å². The minimum atomic E-state index is -0.990. The van der Waals surface area contributed by atoms with Gasteiger partial charge < -0.3 is 20.6 Å². The van der Waals surface area contributed by atoms with Gasteiger partial charge in [0, 0.05) is 30.3 Å². The number of amides is 1. The molecule has 0 heterocycles. The summed E-state index contributed by atoms with van der Waals surface area (Å²) in [6, 6.07) is 16.9. The molecule has 0 aliphatic heterocycles. The van der Waals surface area contributed by atoms with Crippen LogP contribution < -0.4 is 10.6 Å². The molecule has 0 saturated heterocycles. The average molecular weight is 606 g/mol. The third-order valence-electron chi connectivity index (χ3n) is 8.72. The maximum Gasteiger partial charge on any atom is 0.251 e. The molecule has 0 bridgehead atoms. The molecule has 1 amide bonds. The van der Waals surface area contributed by atoms with Gasteiger partial charge in [-0.05, 0) is 111 Å². The second kappa shape index (κ2) is 15.2. The number of hydrogen-bond donors (Lipinski definition) is 3. The lowest BCUT2D eigenvalue weighted by atomic mass is 9.97. The van der Waals surface area contributed by atoms with Gasteiger partial charge >= 0.3 is 0 Å². The normalized spacial score (nSPS) is 15.4. The van der Waals surface area contributed by atoms with Gasteiger partial charge in [0.05, 0.1) is 12.1 Å². The predicted molar refractivity (Wildman–Crippen MR) is 174 cm³/mol. The lowest BCUT2D eigenvalue weighted by Crippen LogP contribution is -2.50. The van der Waals surface area contributed by atoms with Crippen molar-refractivity contribution in [2.75, 3.05) is 26.7 Å². The smallest absolute Gasteiger partial charge is 0.251 e. The van der Waals surface area contributed by atoms with Crippen molar-refractivity contribution in [3.05, 3.63) is 106 Å². The van der Waals surface area contributed by atoms with Crippen LogP contribution in [0.2, 0.25) is 0 Å². The van der Waals surface area contributed by atoms with Crippen molar-refractivity contribution in [2.45, 2.75) is 83.9 Å². The molecule has 2 atom stereocenters. The molecule has 0 aromatic heterocycles. The zero-order chi connectivity index (χ0) is 31.9. The lowest BCUT2D eigenvalue weighted by molar-refractivity contribution is 0.0822. The average Bonchev–Trinajstić information content (AvgIpc) is 3.78. The van der Waals surface area contributed by atoms with Crippen LogP contribution in [0.4, 0.5) is 8.78 Å². The molecule has 3 aromatic carbocycles. The first kappa shape index (κ1) is 33.8. The molecule has 1 saturated carbocycles. The molecule has 0 radical (unpaired) electrons. The molecule has 1 aliphatic carbocycles. The molecule has 44 heavy (non-hydrogen) atoms. The van der Waals surface area contributed by atoms with Gasteiger partial charge in [0.2, 0.25) is 0 Å². The van der Waals surface area contributed by atoms with Gasteiger partial charge in [0.15, 0.2) is 0 Å². The third-order valence-corrected chi connectivity index (χ3v) is 8.72. The van der Waals surface area contributed by atoms with Gasteiger partial charge in [-0.2, -0.15) is 0 Å². The quantitative estimate of drug-likeness (QED) is 0.178. The molecule has 3 N–H and O–H groups in total. The zero-order valence-electron chi connectivity index (χ0n) is 26.9. The minimum Gasteiger partial charge on any atom is -0.390 e. The van der Waals surface area contributed by atoms with Crippen LogP contribution in [0.3, 0.4) is 0 Å². The Hall–Kier alpha value is -3.13. The molecular weight excluding hydrogens is 556 g/mol. The number of hydrogen-bond acceptors (Lipinski definition) is 4. The highest BCUT2D eigenvalue weighted by molar-refractivity contribution is 5.94. The minimum absolute atomic E-state index is 0.0842. The Labute approximate surface area is 262 Å². The molecule has 1 fully saturated rings. The Morgan fingerprint density at radius 3 is 2.36 bits per heavy atom. The highest BCUT2D eigenvalue weighted by Crippen LogP contribution is 2.45. The zero-order valence-corrected chi connectivity index (χ0v) is 26.9. The summed E-state index contributed by atoms with van der Waals surface area (Å²) in [5.41, 5.74) is 5.18. The first-order valence-corrected chi connectivity index (χ1v) is 16.0. The van der Waals surface area contributed by atoms with Gasteiger partial charge in [0.1, 0.15) is 11.6 Å². The van der Waals surface area contributed by atoms with Crippen LogP contribution in [0.25, 0.3) is 0 Å². The first-order valence-electron chi connectivity index (χ1n) is 16.0. The van der Waals surface area contributed by atoms with E-state index in [4.69, 9.17) is 0 Å². The summed E-state index contributed by atoms with van der Waals surface area (Å²) in [5.74, 6) is -1.05. The van der Waals surface area contributed by atoms with E-state index < -0.39 is 23.8 Å². The molecule has 0 spiro atoms. The molecule has 0 unspecified atom stereocenters. The highest BCUT2D eigenvalue weighted by Gasteiger charge is 2.44. The van der Waals surface area contributed by atoms with Crippen molar-refractivity contribution >= 4 is 5.91 Å². The van der Waals surface area contributed by atoms with E-state index in [1.54, 1.807) is 0 Å². The number of carbonyl (C=O) groups is 1. The van der Waals surface area contributed by atoms with Crippen LogP contribution in [0.5, 0.6) is 0 Å². The summed E-state index contributed by atoms with van der Waals surface area (Å²) in [6.45, 7) is 10.7. The number of halogens is 2. The molecule has 3 aromatic rings. The molecule has 5 nitrogen and oxygen atoms in total. The van der Waals surface area contributed by atoms with E-state index in [2.05, 4.69) is 73.7 Å². The van der Waals surface area contributed by atoms with Crippen LogP contribution in [0, 0.1) is 24.5 Å². The monoisotopic (exact) mass is 605 g/mol. The molecule has 238 valence electrons. The summed E-state index contributed by atoms with van der Waals surface area (Å²) in [6.07, 6.45) is 3.90. The van der Waals surface area contributed by atoms with E-state index in [-0.39, 0.29) is 24.4 Å². The number of nitrogens with zero attached hydrogens (tertiary/aromatic N) is 1. The fourth-order valence-corrected chi connectivity index (χ4v) is 5.79. The number of aliphatic hydroxyl groups is 1. The number of aliphatic hydroxyl groups excluding tert-OH is 1. The van der Waals surface area contributed by atoms with Crippen molar-refractivity contribution in [1.82, 2.24) is 15.5 Å². The largest absolute Gasteiger partial charge is 0.390 e. The van der Waals surface area contributed by atoms with Crippen LogP contribution in [-0.2, 0) is 24.8 Å². The summed E-state index contributed by atoms with van der Waals surface area (Å²) in [4.78, 5) is 15.9. The molecule has 7 heteroatoms. The van der Waals surface area contributed by atoms with Crippen molar-refractivity contribution in [3.8, 4) is 0 Å². The van der Waals surface area contributed by atoms with E-state index in [0.29, 0.717) is 17.0 Å². The van der Waals surface area contributed by atoms with Crippen molar-refractivity contribution in [2.24, 2.45) is 5.92 Å². The Morgan fingerprint density at radius 1 is 0.977 bits per heavy atom. The van der Waals surface area contributed by atoms with Crippen molar-refractivity contribution < 1.29 is 18.7 Å². The Balaban J connectivity index is 1.48. The number of aryl methyl sites for hydroxylation is 2. The van der Waals surface area contributed by atoms with Gasteiger partial charge in [-0.25, -0.2) is 8.78 Å². The van der Waals surface area contributed by atoms with E-state index >= 15 is 0 Å². The van der Waals surface area contributed by atoms with E-state index in [0.717, 1.165) is 62.4 Å². The van der Waals surface area contributed by atoms with Gasteiger partial charge in [-0.1, -0.05) is 56.7 Å². The van der Waals surface area contributed by atoms with Crippen LogP contribution in [-0.4, -0.2) is 54.7 Å². The van der Waals surface area contributed by atoms with Gasteiger partial charge in [0.25, 0.3) is 5.91 Å². The van der Waals surface area contributed by atoms with Crippen LogP contribution in [0.1, 0.15) is 78.2 Å². The Morgan fingerprint density at radius 2 is 1.70 bits per heavy atom. The first-order chi connectivity index (χ1) is 21.0. The van der Waals surface area contributed by atoms with E-state index in [1.807, 2.05) is 19.1 Å². The predicted octanol–water partition coefficient (Wildman–Crippen LogP) is 6.34. The SMILES string of the molecule is CCc1cccc(C2(NC[C@@H](O)[C@H](Cc3cc(F)cc(F)c3)NC(=O)c3cc(C)cc(CCN(C)CCC(C)C)c3)CC2)c1.